The van der Waals surface area contributed by atoms with Gasteiger partial charge in [0.25, 0.3) is 0 Å². The minimum absolute atomic E-state index is 0.00190. The van der Waals surface area contributed by atoms with Crippen molar-refractivity contribution in [3.8, 4) is 5.75 Å². The molecule has 31 heavy (non-hydrogen) atoms. The molecule has 8 heteroatoms. The molecular weight excluding hydrogens is 428 g/mol. The summed E-state index contributed by atoms with van der Waals surface area (Å²) in [5, 5.41) is 13.9. The molecule has 0 aromatic heterocycles. The molecule has 0 radical (unpaired) electrons. The molecular formula is C23H24ClF2NO4. The Balaban J connectivity index is 1.47. The smallest absolute Gasteiger partial charge is 0.224 e. The lowest BCUT2D eigenvalue weighted by molar-refractivity contribution is -0.118. The SMILES string of the molecule is CO[C@]1(c2ccc(Cl)cc2F)CC[C@](O)(COc2ccc(F)c3c2CCC(=O)N3)CC1. The molecule has 0 unspecified atom stereocenters. The first-order valence-electron chi connectivity index (χ1n) is 10.2. The lowest BCUT2D eigenvalue weighted by atomic mass is 9.73. The third-order valence-electron chi connectivity index (χ3n) is 6.38. The molecule has 2 aromatic rings. The highest BCUT2D eigenvalue weighted by atomic mass is 35.5. The summed E-state index contributed by atoms with van der Waals surface area (Å²) in [6.45, 7) is 0.00190. The molecule has 1 aliphatic heterocycles. The molecule has 2 aromatic carbocycles. The maximum atomic E-state index is 14.5. The van der Waals surface area contributed by atoms with E-state index in [1.807, 2.05) is 0 Å². The first-order chi connectivity index (χ1) is 14.8. The average molecular weight is 452 g/mol. The number of fused-ring (bicyclic) bond motifs is 1. The Morgan fingerprint density at radius 3 is 2.52 bits per heavy atom. The number of anilines is 1. The average Bonchev–Trinajstić information content (AvgIpc) is 2.75. The number of nitrogens with one attached hydrogen (secondary N) is 1. The topological polar surface area (TPSA) is 67.8 Å². The molecule has 0 spiro atoms. The van der Waals surface area contributed by atoms with E-state index in [1.54, 1.807) is 12.1 Å². The van der Waals surface area contributed by atoms with Crippen LogP contribution in [0.3, 0.4) is 0 Å². The summed E-state index contributed by atoms with van der Waals surface area (Å²) in [6.07, 6.45) is 2.10. The molecule has 2 aliphatic rings. The quantitative estimate of drug-likeness (QED) is 0.689. The fourth-order valence-corrected chi connectivity index (χ4v) is 4.64. The number of carbonyl (C=O) groups excluding carboxylic acids is 1. The summed E-state index contributed by atoms with van der Waals surface area (Å²) in [7, 11) is 1.54. The number of amides is 1. The zero-order valence-corrected chi connectivity index (χ0v) is 17.9. The van der Waals surface area contributed by atoms with Gasteiger partial charge in [0.05, 0.1) is 16.9 Å². The third-order valence-corrected chi connectivity index (χ3v) is 6.62. The molecule has 0 saturated heterocycles. The van der Waals surface area contributed by atoms with Crippen molar-refractivity contribution in [2.75, 3.05) is 19.0 Å². The second-order valence-electron chi connectivity index (χ2n) is 8.28. The summed E-state index contributed by atoms with van der Waals surface area (Å²) in [6, 6.07) is 7.27. The van der Waals surface area contributed by atoms with E-state index >= 15 is 0 Å². The number of rotatable bonds is 5. The van der Waals surface area contributed by atoms with Crippen molar-refractivity contribution in [1.29, 1.82) is 0 Å². The van der Waals surface area contributed by atoms with Crippen molar-refractivity contribution in [1.82, 2.24) is 0 Å². The predicted molar refractivity (Wildman–Crippen MR) is 112 cm³/mol. The van der Waals surface area contributed by atoms with Crippen molar-refractivity contribution in [3.05, 3.63) is 58.1 Å². The summed E-state index contributed by atoms with van der Waals surface area (Å²) in [5.41, 5.74) is -0.829. The Bertz CT molecular complexity index is 1010. The van der Waals surface area contributed by atoms with Crippen LogP contribution in [-0.2, 0) is 21.6 Å². The van der Waals surface area contributed by atoms with E-state index in [9.17, 15) is 18.7 Å². The molecule has 1 aliphatic carbocycles. The van der Waals surface area contributed by atoms with Crippen LogP contribution in [0.1, 0.15) is 43.2 Å². The monoisotopic (exact) mass is 451 g/mol. The van der Waals surface area contributed by atoms with Gasteiger partial charge in [0.2, 0.25) is 5.91 Å². The van der Waals surface area contributed by atoms with E-state index in [0.717, 1.165) is 0 Å². The van der Waals surface area contributed by atoms with Crippen molar-refractivity contribution in [2.24, 2.45) is 0 Å². The molecule has 5 nitrogen and oxygen atoms in total. The largest absolute Gasteiger partial charge is 0.490 e. The number of benzene rings is 2. The Labute approximate surface area is 184 Å². The standard InChI is InChI=1S/C23H24ClF2NO4/c1-30-23(16-4-2-14(24)12-18(16)26)10-8-22(29,9-11-23)13-31-19-6-5-17(25)21-15(19)3-7-20(28)27-21/h2,4-6,12,29H,3,7-11,13H2,1H3,(H,27,28)/t22-,23-. The zero-order valence-electron chi connectivity index (χ0n) is 17.1. The van der Waals surface area contributed by atoms with Crippen LogP contribution in [-0.4, -0.2) is 30.3 Å². The van der Waals surface area contributed by atoms with Crippen LogP contribution in [0.4, 0.5) is 14.5 Å². The summed E-state index contributed by atoms with van der Waals surface area (Å²) in [4.78, 5) is 11.6. The number of aliphatic hydroxyl groups is 1. The fourth-order valence-electron chi connectivity index (χ4n) is 4.48. The van der Waals surface area contributed by atoms with E-state index in [0.29, 0.717) is 54.0 Å². The molecule has 1 fully saturated rings. The van der Waals surface area contributed by atoms with Gasteiger partial charge < -0.3 is 19.9 Å². The van der Waals surface area contributed by atoms with Gasteiger partial charge in [0, 0.05) is 29.7 Å². The van der Waals surface area contributed by atoms with Crippen LogP contribution in [0, 0.1) is 11.6 Å². The minimum atomic E-state index is -1.13. The van der Waals surface area contributed by atoms with Crippen molar-refractivity contribution >= 4 is 23.2 Å². The second-order valence-corrected chi connectivity index (χ2v) is 8.72. The minimum Gasteiger partial charge on any atom is -0.490 e. The first-order valence-corrected chi connectivity index (χ1v) is 10.6. The molecule has 1 saturated carbocycles. The Kier molecular flexibility index (Phi) is 5.94. The number of carbonyl (C=O) groups is 1. The first kappa shape index (κ1) is 22.0. The van der Waals surface area contributed by atoms with Gasteiger partial charge in [-0.3, -0.25) is 4.79 Å². The van der Waals surface area contributed by atoms with Crippen LogP contribution in [0.2, 0.25) is 5.02 Å². The van der Waals surface area contributed by atoms with Gasteiger partial charge in [0.1, 0.15) is 24.0 Å². The van der Waals surface area contributed by atoms with Crippen LogP contribution < -0.4 is 10.1 Å². The fraction of sp³-hybridized carbons (Fsp3) is 0.435. The van der Waals surface area contributed by atoms with Crippen molar-refractivity contribution < 1.29 is 28.2 Å². The zero-order chi connectivity index (χ0) is 22.2. The van der Waals surface area contributed by atoms with Crippen LogP contribution in [0.15, 0.2) is 30.3 Å². The Hall–Kier alpha value is -2.22. The van der Waals surface area contributed by atoms with Crippen LogP contribution >= 0.6 is 11.6 Å². The number of methoxy groups -OCH3 is 1. The maximum absolute atomic E-state index is 14.5. The highest BCUT2D eigenvalue weighted by molar-refractivity contribution is 6.30. The van der Waals surface area contributed by atoms with E-state index < -0.39 is 22.8 Å². The maximum Gasteiger partial charge on any atom is 0.224 e. The third kappa shape index (κ3) is 4.27. The van der Waals surface area contributed by atoms with Crippen LogP contribution in [0.5, 0.6) is 5.75 Å². The summed E-state index contributed by atoms with van der Waals surface area (Å²) >= 11 is 5.87. The van der Waals surface area contributed by atoms with Gasteiger partial charge >= 0.3 is 0 Å². The molecule has 1 heterocycles. The molecule has 0 atom stereocenters. The number of halogens is 3. The lowest BCUT2D eigenvalue weighted by Crippen LogP contribution is -2.46. The Morgan fingerprint density at radius 2 is 1.84 bits per heavy atom. The number of ether oxygens (including phenoxy) is 2. The van der Waals surface area contributed by atoms with E-state index in [4.69, 9.17) is 21.1 Å². The van der Waals surface area contributed by atoms with Crippen molar-refractivity contribution in [3.63, 3.8) is 0 Å². The van der Waals surface area contributed by atoms with Gasteiger partial charge in [-0.15, -0.1) is 0 Å². The van der Waals surface area contributed by atoms with Gasteiger partial charge in [0.15, 0.2) is 0 Å². The molecule has 1 amide bonds. The summed E-state index contributed by atoms with van der Waals surface area (Å²) < 4.78 is 40.2. The molecule has 2 N–H and O–H groups in total. The predicted octanol–water partition coefficient (Wildman–Crippen LogP) is 4.73. The van der Waals surface area contributed by atoms with Gasteiger partial charge in [-0.1, -0.05) is 17.7 Å². The van der Waals surface area contributed by atoms with E-state index in [2.05, 4.69) is 5.32 Å². The second kappa shape index (κ2) is 8.37. The van der Waals surface area contributed by atoms with Gasteiger partial charge in [-0.25, -0.2) is 8.78 Å². The number of hydrogen-bond donors (Lipinski definition) is 2. The normalized spacial score (nSPS) is 25.6. The van der Waals surface area contributed by atoms with Crippen LogP contribution in [0.25, 0.3) is 0 Å². The molecule has 0 bridgehead atoms. The van der Waals surface area contributed by atoms with Crippen molar-refractivity contribution in [2.45, 2.75) is 49.7 Å². The highest BCUT2D eigenvalue weighted by Crippen LogP contribution is 2.45. The van der Waals surface area contributed by atoms with E-state index in [-0.39, 0.29) is 24.6 Å². The highest BCUT2D eigenvalue weighted by Gasteiger charge is 2.45. The van der Waals surface area contributed by atoms with Gasteiger partial charge in [-0.2, -0.15) is 0 Å². The Morgan fingerprint density at radius 1 is 1.10 bits per heavy atom. The lowest BCUT2D eigenvalue weighted by Gasteiger charge is -2.43. The molecule has 166 valence electrons. The molecule has 4 rings (SSSR count). The summed E-state index contributed by atoms with van der Waals surface area (Å²) in [5.74, 6) is -0.741. The van der Waals surface area contributed by atoms with Gasteiger partial charge in [-0.05, 0) is 56.4 Å². The van der Waals surface area contributed by atoms with E-state index in [1.165, 1.54) is 25.3 Å². The number of hydrogen-bond acceptors (Lipinski definition) is 4.